The summed E-state index contributed by atoms with van der Waals surface area (Å²) >= 11 is 0. The van der Waals surface area contributed by atoms with Gasteiger partial charge in [0.25, 0.3) is 0 Å². The van der Waals surface area contributed by atoms with Gasteiger partial charge in [-0.25, -0.2) is 0 Å². The molecule has 1 aromatic carbocycles. The second-order valence-electron chi connectivity index (χ2n) is 4.43. The van der Waals surface area contributed by atoms with Crippen LogP contribution in [0.3, 0.4) is 0 Å². The number of ketones is 1. The topological polar surface area (TPSA) is 38.3 Å². The molecule has 2 rings (SSSR count). The van der Waals surface area contributed by atoms with Crippen LogP contribution in [0, 0.1) is 0 Å². The Morgan fingerprint density at radius 2 is 2.16 bits per heavy atom. The molecule has 1 saturated heterocycles. The summed E-state index contributed by atoms with van der Waals surface area (Å²) in [4.78, 5) is 12.2. The molecule has 6 heteroatoms. The third-order valence-electron chi connectivity index (χ3n) is 3.17. The molecule has 1 N–H and O–H groups in total. The summed E-state index contributed by atoms with van der Waals surface area (Å²) in [6.45, 7) is 0.706. The Labute approximate surface area is 108 Å². The van der Waals surface area contributed by atoms with E-state index in [0.29, 0.717) is 13.0 Å². The number of hydrogen-bond acceptors (Lipinski definition) is 3. The Morgan fingerprint density at radius 3 is 2.68 bits per heavy atom. The summed E-state index contributed by atoms with van der Waals surface area (Å²) in [5, 5.41) is 2.98. The fourth-order valence-corrected chi connectivity index (χ4v) is 2.17. The molecule has 0 radical (unpaired) electrons. The zero-order valence-corrected chi connectivity index (χ0v) is 10.4. The molecule has 1 heterocycles. The first kappa shape index (κ1) is 13.9. The van der Waals surface area contributed by atoms with Crippen molar-refractivity contribution in [1.29, 1.82) is 0 Å². The van der Waals surface area contributed by atoms with Crippen molar-refractivity contribution in [2.45, 2.75) is 25.1 Å². The Balaban J connectivity index is 2.38. The van der Waals surface area contributed by atoms with Crippen molar-refractivity contribution < 1.29 is 22.7 Å². The predicted molar refractivity (Wildman–Crippen MR) is 63.4 cm³/mol. The lowest BCUT2D eigenvalue weighted by Gasteiger charge is -2.15. The van der Waals surface area contributed by atoms with Gasteiger partial charge in [0, 0.05) is 0 Å². The maximum Gasteiger partial charge on any atom is 0.416 e. The normalized spacial score (nSPS) is 19.5. The summed E-state index contributed by atoms with van der Waals surface area (Å²) in [6, 6.07) is 2.54. The smallest absolute Gasteiger partial charge is 0.416 e. The van der Waals surface area contributed by atoms with Crippen molar-refractivity contribution in [3.05, 3.63) is 29.3 Å². The zero-order chi connectivity index (χ0) is 14.0. The lowest BCUT2D eigenvalue weighted by molar-refractivity contribution is -0.137. The van der Waals surface area contributed by atoms with E-state index in [4.69, 9.17) is 4.74 Å². The number of alkyl halides is 3. The molecule has 1 aliphatic rings. The first-order valence-electron chi connectivity index (χ1n) is 5.96. The molecule has 0 bridgehead atoms. The van der Waals surface area contributed by atoms with Crippen LogP contribution in [0.15, 0.2) is 18.2 Å². The van der Waals surface area contributed by atoms with E-state index in [9.17, 15) is 18.0 Å². The molecule has 0 aromatic heterocycles. The van der Waals surface area contributed by atoms with E-state index in [1.807, 2.05) is 0 Å². The van der Waals surface area contributed by atoms with Crippen LogP contribution in [0.2, 0.25) is 0 Å². The fourth-order valence-electron chi connectivity index (χ4n) is 2.17. The van der Waals surface area contributed by atoms with Crippen molar-refractivity contribution in [2.24, 2.45) is 0 Å². The predicted octanol–water partition coefficient (Wildman–Crippen LogP) is 2.65. The average Bonchev–Trinajstić information content (AvgIpc) is 2.90. The lowest BCUT2D eigenvalue weighted by atomic mass is 9.99. The van der Waals surface area contributed by atoms with Gasteiger partial charge in [0.1, 0.15) is 5.75 Å². The Kier molecular flexibility index (Phi) is 3.80. The molecule has 0 amide bonds. The van der Waals surface area contributed by atoms with Gasteiger partial charge in [-0.15, -0.1) is 0 Å². The molecule has 1 fully saturated rings. The molecule has 0 saturated carbocycles. The summed E-state index contributed by atoms with van der Waals surface area (Å²) < 4.78 is 43.0. The number of carbonyl (C=O) groups excluding carboxylic acids is 1. The minimum absolute atomic E-state index is 0.0169. The molecule has 0 spiro atoms. The molecule has 19 heavy (non-hydrogen) atoms. The maximum absolute atomic E-state index is 12.7. The highest BCUT2D eigenvalue weighted by molar-refractivity contribution is 6.02. The van der Waals surface area contributed by atoms with Crippen molar-refractivity contribution in [3.63, 3.8) is 0 Å². The van der Waals surface area contributed by atoms with Crippen LogP contribution in [-0.2, 0) is 6.18 Å². The van der Waals surface area contributed by atoms with E-state index in [1.165, 1.54) is 13.2 Å². The molecule has 0 aliphatic carbocycles. The third-order valence-corrected chi connectivity index (χ3v) is 3.17. The molecule has 1 atom stereocenters. The Hall–Kier alpha value is -1.56. The summed E-state index contributed by atoms with van der Waals surface area (Å²) in [5.74, 6) is -0.174. The van der Waals surface area contributed by atoms with Gasteiger partial charge in [0.2, 0.25) is 0 Å². The van der Waals surface area contributed by atoms with Gasteiger partial charge in [-0.2, -0.15) is 13.2 Å². The number of ether oxygens (including phenoxy) is 1. The number of nitrogens with one attached hydrogen (secondary N) is 1. The van der Waals surface area contributed by atoms with E-state index >= 15 is 0 Å². The molecule has 1 aliphatic heterocycles. The van der Waals surface area contributed by atoms with Gasteiger partial charge >= 0.3 is 6.18 Å². The van der Waals surface area contributed by atoms with Crippen LogP contribution in [0.25, 0.3) is 0 Å². The molecule has 1 aromatic rings. The summed E-state index contributed by atoms with van der Waals surface area (Å²) in [7, 11) is 1.33. The third kappa shape index (κ3) is 2.89. The minimum Gasteiger partial charge on any atom is -0.496 e. The maximum atomic E-state index is 12.7. The van der Waals surface area contributed by atoms with E-state index in [1.54, 1.807) is 0 Å². The number of Topliss-reactive ketones (excluding diaryl/α,β-unsaturated/α-hetero) is 1. The van der Waals surface area contributed by atoms with E-state index in [-0.39, 0.29) is 17.1 Å². The Bertz CT molecular complexity index is 479. The van der Waals surface area contributed by atoms with Crippen LogP contribution < -0.4 is 10.1 Å². The van der Waals surface area contributed by atoms with Crippen LogP contribution in [0.1, 0.15) is 28.8 Å². The minimum atomic E-state index is -4.47. The van der Waals surface area contributed by atoms with Crippen LogP contribution in [0.4, 0.5) is 13.2 Å². The number of hydrogen-bond donors (Lipinski definition) is 1. The zero-order valence-electron chi connectivity index (χ0n) is 10.4. The standard InChI is InChI=1S/C13H14F3NO2/c1-19-11-5-4-8(13(14,15)16)7-9(11)12(18)10-3-2-6-17-10/h4-5,7,10,17H,2-3,6H2,1H3. The Morgan fingerprint density at radius 1 is 1.42 bits per heavy atom. The second-order valence-corrected chi connectivity index (χ2v) is 4.43. The lowest BCUT2D eigenvalue weighted by Crippen LogP contribution is -2.31. The molecular weight excluding hydrogens is 259 g/mol. The van der Waals surface area contributed by atoms with Crippen molar-refractivity contribution in [1.82, 2.24) is 5.32 Å². The van der Waals surface area contributed by atoms with Gasteiger partial charge in [-0.1, -0.05) is 0 Å². The van der Waals surface area contributed by atoms with Crippen LogP contribution in [-0.4, -0.2) is 25.5 Å². The highest BCUT2D eigenvalue weighted by Gasteiger charge is 2.33. The van der Waals surface area contributed by atoms with Crippen molar-refractivity contribution >= 4 is 5.78 Å². The molecular formula is C13H14F3NO2. The first-order chi connectivity index (χ1) is 8.93. The quantitative estimate of drug-likeness (QED) is 0.860. The summed E-state index contributed by atoms with van der Waals surface area (Å²) in [6.07, 6.45) is -2.99. The van der Waals surface area contributed by atoms with Gasteiger partial charge < -0.3 is 10.1 Å². The number of rotatable bonds is 3. The number of halogens is 3. The number of benzene rings is 1. The van der Waals surface area contributed by atoms with Gasteiger partial charge in [-0.3, -0.25) is 4.79 Å². The van der Waals surface area contributed by atoms with Gasteiger partial charge in [-0.05, 0) is 37.6 Å². The number of carbonyl (C=O) groups is 1. The van der Waals surface area contributed by atoms with E-state index < -0.39 is 17.8 Å². The second kappa shape index (κ2) is 5.21. The highest BCUT2D eigenvalue weighted by Crippen LogP contribution is 2.33. The average molecular weight is 273 g/mol. The molecule has 3 nitrogen and oxygen atoms in total. The van der Waals surface area contributed by atoms with E-state index in [2.05, 4.69) is 5.32 Å². The van der Waals surface area contributed by atoms with Crippen LogP contribution in [0.5, 0.6) is 5.75 Å². The van der Waals surface area contributed by atoms with Crippen LogP contribution >= 0.6 is 0 Å². The van der Waals surface area contributed by atoms with Gasteiger partial charge in [0.15, 0.2) is 5.78 Å². The van der Waals surface area contributed by atoms with Crippen molar-refractivity contribution in [3.8, 4) is 5.75 Å². The largest absolute Gasteiger partial charge is 0.496 e. The van der Waals surface area contributed by atoms with Crippen molar-refractivity contribution in [2.75, 3.05) is 13.7 Å². The summed E-state index contributed by atoms with van der Waals surface area (Å²) in [5.41, 5.74) is -0.855. The van der Waals surface area contributed by atoms with Gasteiger partial charge in [0.05, 0.1) is 24.3 Å². The molecule has 1 unspecified atom stereocenters. The first-order valence-corrected chi connectivity index (χ1v) is 5.96. The fraction of sp³-hybridized carbons (Fsp3) is 0.462. The SMILES string of the molecule is COc1ccc(C(F)(F)F)cc1C(=O)C1CCCN1. The monoisotopic (exact) mass is 273 g/mol. The van der Waals surface area contributed by atoms with E-state index in [0.717, 1.165) is 18.6 Å². The molecule has 104 valence electrons. The highest BCUT2D eigenvalue weighted by atomic mass is 19.4. The number of methoxy groups -OCH3 is 1.